The molecule has 6 heteroatoms. The van der Waals surface area contributed by atoms with Gasteiger partial charge in [-0.25, -0.2) is 8.78 Å². The van der Waals surface area contributed by atoms with E-state index in [4.69, 9.17) is 15.2 Å². The standard InChI is InChI=1S/C24H28F2N2O2/c1-29-23-8-6-21(26)24-20(23)11-17(14-30-24)15(9-10-27)3-2-4-16-13-28-22-7-5-18(25)12-19(16)22/h5-8,12-13,15,17,28H,2-4,9-11,14,27H2,1H3. The van der Waals surface area contributed by atoms with Crippen molar-refractivity contribution in [3.05, 3.63) is 59.3 Å². The minimum atomic E-state index is -0.341. The normalized spacial score (nSPS) is 16.9. The van der Waals surface area contributed by atoms with Crippen molar-refractivity contribution in [1.82, 2.24) is 4.98 Å². The van der Waals surface area contributed by atoms with Gasteiger partial charge in [-0.1, -0.05) is 0 Å². The Morgan fingerprint density at radius 1 is 1.23 bits per heavy atom. The summed E-state index contributed by atoms with van der Waals surface area (Å²) in [5.74, 6) is 1.06. The summed E-state index contributed by atoms with van der Waals surface area (Å²) in [5, 5.41) is 0.945. The minimum absolute atomic E-state index is 0.219. The molecule has 2 aromatic carbocycles. The number of H-pyrrole nitrogens is 1. The fourth-order valence-electron chi connectivity index (χ4n) is 4.68. The summed E-state index contributed by atoms with van der Waals surface area (Å²) in [5.41, 5.74) is 8.79. The van der Waals surface area contributed by atoms with Gasteiger partial charge in [-0.05, 0) is 80.5 Å². The molecular formula is C24H28F2N2O2. The van der Waals surface area contributed by atoms with Gasteiger partial charge in [-0.2, -0.15) is 0 Å². The van der Waals surface area contributed by atoms with Gasteiger partial charge in [0, 0.05) is 28.6 Å². The number of hydrogen-bond acceptors (Lipinski definition) is 3. The number of nitrogens with one attached hydrogen (secondary N) is 1. The fourth-order valence-corrected chi connectivity index (χ4v) is 4.68. The average molecular weight is 414 g/mol. The number of halogens is 2. The third-order valence-electron chi connectivity index (χ3n) is 6.25. The fraction of sp³-hybridized carbons (Fsp3) is 0.417. The van der Waals surface area contributed by atoms with Crippen molar-refractivity contribution in [3.63, 3.8) is 0 Å². The summed E-state index contributed by atoms with van der Waals surface area (Å²) >= 11 is 0. The lowest BCUT2D eigenvalue weighted by atomic mass is 9.80. The van der Waals surface area contributed by atoms with Crippen LogP contribution in [-0.2, 0) is 12.8 Å². The monoisotopic (exact) mass is 414 g/mol. The number of aromatic nitrogens is 1. The maximum absolute atomic E-state index is 14.1. The molecule has 0 saturated carbocycles. The van der Waals surface area contributed by atoms with Crippen LogP contribution in [0.1, 0.15) is 30.4 Å². The zero-order valence-electron chi connectivity index (χ0n) is 17.2. The van der Waals surface area contributed by atoms with Gasteiger partial charge in [-0.3, -0.25) is 0 Å². The van der Waals surface area contributed by atoms with Gasteiger partial charge >= 0.3 is 0 Å². The van der Waals surface area contributed by atoms with Crippen LogP contribution >= 0.6 is 0 Å². The summed E-state index contributed by atoms with van der Waals surface area (Å²) in [6.45, 7) is 1.09. The number of rotatable bonds is 8. The molecule has 4 rings (SSSR count). The first-order chi connectivity index (χ1) is 14.6. The van der Waals surface area contributed by atoms with E-state index in [1.807, 2.05) is 6.20 Å². The zero-order chi connectivity index (χ0) is 21.1. The Bertz CT molecular complexity index is 1020. The predicted octanol–water partition coefficient (Wildman–Crippen LogP) is 4.99. The molecule has 0 aliphatic carbocycles. The minimum Gasteiger partial charge on any atom is -0.496 e. The van der Waals surface area contributed by atoms with Gasteiger partial charge in [0.2, 0.25) is 0 Å². The number of aryl methyl sites for hydroxylation is 1. The Balaban J connectivity index is 1.44. The van der Waals surface area contributed by atoms with E-state index in [-0.39, 0.29) is 17.6 Å². The lowest BCUT2D eigenvalue weighted by Gasteiger charge is -2.32. The number of methoxy groups -OCH3 is 1. The van der Waals surface area contributed by atoms with Crippen LogP contribution < -0.4 is 15.2 Å². The number of nitrogens with two attached hydrogens (primary N) is 1. The molecule has 2 heterocycles. The van der Waals surface area contributed by atoms with E-state index >= 15 is 0 Å². The molecule has 3 aromatic rings. The molecule has 1 aromatic heterocycles. The molecule has 1 aliphatic heterocycles. The second-order valence-corrected chi connectivity index (χ2v) is 8.07. The highest BCUT2D eigenvalue weighted by Crippen LogP contribution is 2.40. The van der Waals surface area contributed by atoms with Crippen molar-refractivity contribution in [3.8, 4) is 11.5 Å². The molecule has 0 fully saturated rings. The lowest BCUT2D eigenvalue weighted by Crippen LogP contribution is -2.30. The number of benzene rings is 2. The Labute approximate surface area is 175 Å². The third-order valence-corrected chi connectivity index (χ3v) is 6.25. The molecule has 4 nitrogen and oxygen atoms in total. The van der Waals surface area contributed by atoms with Crippen LogP contribution in [0, 0.1) is 23.5 Å². The van der Waals surface area contributed by atoms with E-state index in [1.54, 1.807) is 25.3 Å². The maximum atomic E-state index is 14.1. The molecule has 0 saturated heterocycles. The lowest BCUT2D eigenvalue weighted by molar-refractivity contribution is 0.150. The summed E-state index contributed by atoms with van der Waals surface area (Å²) in [7, 11) is 1.60. The number of aromatic amines is 1. The first kappa shape index (κ1) is 20.7. The Morgan fingerprint density at radius 2 is 2.10 bits per heavy atom. The Hall–Kier alpha value is -2.60. The highest BCUT2D eigenvalue weighted by Gasteiger charge is 2.30. The molecule has 2 unspecified atom stereocenters. The van der Waals surface area contributed by atoms with E-state index in [1.165, 1.54) is 12.1 Å². The van der Waals surface area contributed by atoms with Crippen LogP contribution in [0.4, 0.5) is 8.78 Å². The topological polar surface area (TPSA) is 60.3 Å². The highest BCUT2D eigenvalue weighted by molar-refractivity contribution is 5.83. The number of fused-ring (bicyclic) bond motifs is 2. The van der Waals surface area contributed by atoms with Crippen LogP contribution in [0.2, 0.25) is 0 Å². The van der Waals surface area contributed by atoms with Crippen molar-refractivity contribution in [2.24, 2.45) is 17.6 Å². The first-order valence-electron chi connectivity index (χ1n) is 10.5. The SMILES string of the molecule is COc1ccc(F)c2c1CC(C(CCN)CCCc1c[nH]c3ccc(F)cc13)CO2. The van der Waals surface area contributed by atoms with Crippen LogP contribution in [-0.4, -0.2) is 25.2 Å². The summed E-state index contributed by atoms with van der Waals surface area (Å²) in [6, 6.07) is 7.88. The van der Waals surface area contributed by atoms with Gasteiger partial charge in [0.05, 0.1) is 13.7 Å². The van der Waals surface area contributed by atoms with Crippen molar-refractivity contribution < 1.29 is 18.3 Å². The molecule has 0 amide bonds. The number of hydrogen-bond donors (Lipinski definition) is 2. The van der Waals surface area contributed by atoms with Crippen molar-refractivity contribution in [2.75, 3.05) is 20.3 Å². The van der Waals surface area contributed by atoms with Gasteiger partial charge in [-0.15, -0.1) is 0 Å². The second-order valence-electron chi connectivity index (χ2n) is 8.07. The van der Waals surface area contributed by atoms with E-state index in [0.29, 0.717) is 30.6 Å². The van der Waals surface area contributed by atoms with Crippen molar-refractivity contribution in [2.45, 2.75) is 32.1 Å². The molecule has 0 radical (unpaired) electrons. The summed E-state index contributed by atoms with van der Waals surface area (Å²) < 4.78 is 39.0. The van der Waals surface area contributed by atoms with Crippen LogP contribution in [0.5, 0.6) is 11.5 Å². The largest absolute Gasteiger partial charge is 0.496 e. The number of ether oxygens (including phenoxy) is 2. The third kappa shape index (κ3) is 4.15. The van der Waals surface area contributed by atoms with Crippen LogP contribution in [0.3, 0.4) is 0 Å². The smallest absolute Gasteiger partial charge is 0.165 e. The predicted molar refractivity (Wildman–Crippen MR) is 114 cm³/mol. The van der Waals surface area contributed by atoms with Crippen LogP contribution in [0.25, 0.3) is 10.9 Å². The molecule has 0 spiro atoms. The molecule has 0 bridgehead atoms. The van der Waals surface area contributed by atoms with Crippen molar-refractivity contribution in [1.29, 1.82) is 0 Å². The Morgan fingerprint density at radius 3 is 2.90 bits per heavy atom. The summed E-state index contributed by atoms with van der Waals surface area (Å²) in [4.78, 5) is 3.21. The molecule has 30 heavy (non-hydrogen) atoms. The molecule has 1 aliphatic rings. The summed E-state index contributed by atoms with van der Waals surface area (Å²) in [6.07, 6.45) is 6.41. The van der Waals surface area contributed by atoms with Gasteiger partial charge in [0.25, 0.3) is 0 Å². The van der Waals surface area contributed by atoms with E-state index in [0.717, 1.165) is 54.1 Å². The quantitative estimate of drug-likeness (QED) is 0.546. The highest BCUT2D eigenvalue weighted by atomic mass is 19.1. The molecule has 2 atom stereocenters. The van der Waals surface area contributed by atoms with E-state index < -0.39 is 0 Å². The van der Waals surface area contributed by atoms with Gasteiger partial charge < -0.3 is 20.2 Å². The van der Waals surface area contributed by atoms with Crippen molar-refractivity contribution >= 4 is 10.9 Å². The van der Waals surface area contributed by atoms with Gasteiger partial charge in [0.1, 0.15) is 11.6 Å². The average Bonchev–Trinajstić information content (AvgIpc) is 3.15. The van der Waals surface area contributed by atoms with E-state index in [2.05, 4.69) is 4.98 Å². The van der Waals surface area contributed by atoms with E-state index in [9.17, 15) is 8.78 Å². The first-order valence-corrected chi connectivity index (χ1v) is 10.5. The molecule has 160 valence electrons. The Kier molecular flexibility index (Phi) is 6.23. The zero-order valence-corrected chi connectivity index (χ0v) is 17.2. The maximum Gasteiger partial charge on any atom is 0.165 e. The van der Waals surface area contributed by atoms with Crippen LogP contribution in [0.15, 0.2) is 36.5 Å². The molecular weight excluding hydrogens is 386 g/mol. The second kappa shape index (κ2) is 9.04. The molecule has 3 N–H and O–H groups in total. The van der Waals surface area contributed by atoms with Gasteiger partial charge in [0.15, 0.2) is 11.6 Å².